The van der Waals surface area contributed by atoms with Crippen LogP contribution in [-0.4, -0.2) is 62.5 Å². The van der Waals surface area contributed by atoms with Gasteiger partial charge in [0.05, 0.1) is 12.7 Å². The van der Waals surface area contributed by atoms with Crippen LogP contribution in [0.2, 0.25) is 0 Å². The topological polar surface area (TPSA) is 144 Å². The molecule has 4 atom stereocenters. The first-order chi connectivity index (χ1) is 9.38. The van der Waals surface area contributed by atoms with E-state index in [9.17, 15) is 25.2 Å². The summed E-state index contributed by atoms with van der Waals surface area (Å²) in [5.74, 6) is -0.668. The molecule has 1 rings (SSSR count). The minimum absolute atomic E-state index is 0.129. The average molecular weight is 285 g/mol. The van der Waals surface area contributed by atoms with Crippen molar-refractivity contribution in [3.8, 4) is 0 Å². The highest BCUT2D eigenvalue weighted by Crippen LogP contribution is 2.14. The third-order valence-corrected chi connectivity index (χ3v) is 3.04. The highest BCUT2D eigenvalue weighted by Gasteiger charge is 2.30. The second kappa shape index (κ2) is 7.32. The summed E-state index contributed by atoms with van der Waals surface area (Å²) in [6, 6.07) is 6.29. The normalized spacial score (nSPS) is 17.2. The molecule has 112 valence electrons. The van der Waals surface area contributed by atoms with Crippen molar-refractivity contribution in [2.24, 2.45) is 5.73 Å². The molecular formula is C13H19NO6. The van der Waals surface area contributed by atoms with Crippen LogP contribution in [-0.2, 0) is 6.42 Å². The van der Waals surface area contributed by atoms with Crippen LogP contribution in [0.25, 0.3) is 0 Å². The third kappa shape index (κ3) is 3.99. The maximum atomic E-state index is 11.2. The molecule has 0 radical (unpaired) electrons. The van der Waals surface area contributed by atoms with Crippen LogP contribution in [0.4, 0.5) is 0 Å². The lowest BCUT2D eigenvalue weighted by molar-refractivity contribution is -0.114. The van der Waals surface area contributed by atoms with E-state index in [2.05, 4.69) is 0 Å². The summed E-state index contributed by atoms with van der Waals surface area (Å²) in [6.45, 7) is -0.747. The molecule has 0 heterocycles. The molecule has 0 aromatic heterocycles. The average Bonchev–Trinajstić information content (AvgIpc) is 2.45. The number of benzene rings is 1. The predicted molar refractivity (Wildman–Crippen MR) is 69.8 cm³/mol. The zero-order valence-electron chi connectivity index (χ0n) is 10.8. The van der Waals surface area contributed by atoms with Crippen molar-refractivity contribution < 1.29 is 30.3 Å². The number of hydrogen-bond acceptors (Lipinski definition) is 6. The Kier molecular flexibility index (Phi) is 6.05. The van der Waals surface area contributed by atoms with Gasteiger partial charge in [-0.05, 0) is 11.6 Å². The fourth-order valence-corrected chi connectivity index (χ4v) is 1.85. The van der Waals surface area contributed by atoms with Crippen molar-refractivity contribution in [3.05, 3.63) is 35.4 Å². The van der Waals surface area contributed by atoms with Gasteiger partial charge in [-0.15, -0.1) is 0 Å². The van der Waals surface area contributed by atoms with Gasteiger partial charge in [0.1, 0.15) is 18.3 Å². The Hall–Kier alpha value is -1.51. The highest BCUT2D eigenvalue weighted by atomic mass is 16.4. The Morgan fingerprint density at radius 1 is 1.05 bits per heavy atom. The predicted octanol–water partition coefficient (Wildman–Crippen LogP) is -2.24. The van der Waals surface area contributed by atoms with Gasteiger partial charge < -0.3 is 31.3 Å². The van der Waals surface area contributed by atoms with Crippen molar-refractivity contribution in [1.82, 2.24) is 0 Å². The quantitative estimate of drug-likeness (QED) is 0.334. The van der Waals surface area contributed by atoms with Crippen molar-refractivity contribution in [3.63, 3.8) is 0 Å². The molecule has 1 aromatic rings. The van der Waals surface area contributed by atoms with Gasteiger partial charge in [0.15, 0.2) is 0 Å². The maximum Gasteiger partial charge on any atom is 0.248 e. The Morgan fingerprint density at radius 2 is 1.60 bits per heavy atom. The number of nitrogens with two attached hydrogens (primary N) is 1. The molecule has 0 spiro atoms. The number of aliphatic hydroxyl groups excluding tert-OH is 5. The van der Waals surface area contributed by atoms with Crippen LogP contribution in [0, 0.1) is 0 Å². The summed E-state index contributed by atoms with van der Waals surface area (Å²) in [6.07, 6.45) is -6.48. The van der Waals surface area contributed by atoms with E-state index < -0.39 is 36.9 Å². The molecule has 20 heavy (non-hydrogen) atoms. The first-order valence-electron chi connectivity index (χ1n) is 6.09. The molecule has 1 amide bonds. The van der Waals surface area contributed by atoms with Crippen molar-refractivity contribution >= 4 is 5.91 Å². The summed E-state index contributed by atoms with van der Waals surface area (Å²) < 4.78 is 0. The van der Waals surface area contributed by atoms with Crippen LogP contribution in [0.1, 0.15) is 15.9 Å². The number of hydrogen-bond donors (Lipinski definition) is 6. The van der Waals surface area contributed by atoms with Gasteiger partial charge in [0.2, 0.25) is 5.91 Å². The lowest BCUT2D eigenvalue weighted by Gasteiger charge is -2.26. The third-order valence-electron chi connectivity index (χ3n) is 3.04. The van der Waals surface area contributed by atoms with E-state index in [0.717, 1.165) is 0 Å². The van der Waals surface area contributed by atoms with Gasteiger partial charge in [-0.3, -0.25) is 4.79 Å². The molecule has 0 saturated heterocycles. The van der Waals surface area contributed by atoms with Gasteiger partial charge in [-0.25, -0.2) is 0 Å². The Balaban J connectivity index is 2.80. The van der Waals surface area contributed by atoms with Gasteiger partial charge in [-0.2, -0.15) is 0 Å². The Labute approximate surface area is 115 Å². The smallest absolute Gasteiger partial charge is 0.248 e. The molecule has 0 bridgehead atoms. The zero-order valence-corrected chi connectivity index (χ0v) is 10.8. The first kappa shape index (κ1) is 16.5. The number of aliphatic hydroxyl groups is 5. The lowest BCUT2D eigenvalue weighted by atomic mass is 9.95. The molecule has 0 aliphatic carbocycles. The molecule has 0 aliphatic heterocycles. The summed E-state index contributed by atoms with van der Waals surface area (Å²) in [5.41, 5.74) is 5.81. The van der Waals surface area contributed by atoms with Crippen LogP contribution < -0.4 is 5.73 Å². The SMILES string of the molecule is NC(=O)c1ccccc1C[C@H](O)[C@@H](O)[C@@H](O)C(O)CO. The fraction of sp³-hybridized carbons (Fsp3) is 0.462. The summed E-state index contributed by atoms with van der Waals surface area (Å²) in [5, 5.41) is 46.9. The van der Waals surface area contributed by atoms with E-state index in [-0.39, 0.29) is 12.0 Å². The highest BCUT2D eigenvalue weighted by molar-refractivity contribution is 5.94. The van der Waals surface area contributed by atoms with Gasteiger partial charge in [-0.1, -0.05) is 18.2 Å². The number of rotatable bonds is 7. The van der Waals surface area contributed by atoms with Crippen LogP contribution in [0.5, 0.6) is 0 Å². The molecule has 7 N–H and O–H groups in total. The van der Waals surface area contributed by atoms with Crippen molar-refractivity contribution in [1.29, 1.82) is 0 Å². The van der Waals surface area contributed by atoms with Crippen LogP contribution in [0.15, 0.2) is 24.3 Å². The van der Waals surface area contributed by atoms with Gasteiger partial charge >= 0.3 is 0 Å². The standard InChI is InChI=1S/C13H19NO6/c14-13(20)8-4-2-1-3-7(8)5-9(16)11(18)12(19)10(17)6-15/h1-4,9-12,15-19H,5-6H2,(H2,14,20)/t9-,10?,11+,12-/m0/s1. The number of primary amides is 1. The summed E-state index contributed by atoms with van der Waals surface area (Å²) in [7, 11) is 0. The fourth-order valence-electron chi connectivity index (χ4n) is 1.85. The van der Waals surface area contributed by atoms with E-state index in [1.54, 1.807) is 18.2 Å². The van der Waals surface area contributed by atoms with Gasteiger partial charge in [0.25, 0.3) is 0 Å². The molecular weight excluding hydrogens is 266 g/mol. The number of carbonyl (C=O) groups excluding carboxylic acids is 1. The van der Waals surface area contributed by atoms with E-state index in [4.69, 9.17) is 10.8 Å². The lowest BCUT2D eigenvalue weighted by Crippen LogP contribution is -2.46. The second-order valence-corrected chi connectivity index (χ2v) is 4.52. The minimum Gasteiger partial charge on any atom is -0.394 e. The molecule has 0 fully saturated rings. The van der Waals surface area contributed by atoms with E-state index in [1.807, 2.05) is 0 Å². The second-order valence-electron chi connectivity index (χ2n) is 4.52. The summed E-state index contributed by atoms with van der Waals surface area (Å²) in [4.78, 5) is 11.2. The largest absolute Gasteiger partial charge is 0.394 e. The summed E-state index contributed by atoms with van der Waals surface area (Å²) >= 11 is 0. The minimum atomic E-state index is -1.70. The molecule has 1 aromatic carbocycles. The van der Waals surface area contributed by atoms with Crippen molar-refractivity contribution in [2.75, 3.05) is 6.61 Å². The molecule has 1 unspecified atom stereocenters. The monoisotopic (exact) mass is 285 g/mol. The Bertz CT molecular complexity index is 452. The maximum absolute atomic E-state index is 11.2. The number of amides is 1. The van der Waals surface area contributed by atoms with E-state index in [1.165, 1.54) is 6.07 Å². The molecule has 7 heteroatoms. The zero-order chi connectivity index (χ0) is 15.3. The van der Waals surface area contributed by atoms with Crippen molar-refractivity contribution in [2.45, 2.75) is 30.8 Å². The van der Waals surface area contributed by atoms with E-state index >= 15 is 0 Å². The first-order valence-corrected chi connectivity index (χ1v) is 6.09. The van der Waals surface area contributed by atoms with Gasteiger partial charge in [0, 0.05) is 12.0 Å². The molecule has 0 saturated carbocycles. The Morgan fingerprint density at radius 3 is 2.15 bits per heavy atom. The van der Waals surface area contributed by atoms with E-state index in [0.29, 0.717) is 5.56 Å². The van der Waals surface area contributed by atoms with Crippen LogP contribution in [0.3, 0.4) is 0 Å². The van der Waals surface area contributed by atoms with Crippen LogP contribution >= 0.6 is 0 Å². The molecule has 7 nitrogen and oxygen atoms in total. The number of carbonyl (C=O) groups is 1. The molecule has 0 aliphatic rings.